The third kappa shape index (κ3) is 3.08. The lowest BCUT2D eigenvalue weighted by atomic mass is 9.80. The average molecular weight is 390 g/mol. The Balaban J connectivity index is 1.70. The molecule has 0 saturated heterocycles. The van der Waals surface area contributed by atoms with Gasteiger partial charge < -0.3 is 9.30 Å². The first-order chi connectivity index (χ1) is 12.2. The summed E-state index contributed by atoms with van der Waals surface area (Å²) < 4.78 is 7.85. The summed E-state index contributed by atoms with van der Waals surface area (Å²) in [6.45, 7) is 5.71. The molecule has 26 heavy (non-hydrogen) atoms. The second kappa shape index (κ2) is 6.17. The lowest BCUT2D eigenvalue weighted by Crippen LogP contribution is -2.37. The second-order valence-corrected chi connectivity index (χ2v) is 8.92. The van der Waals surface area contributed by atoms with Crippen molar-refractivity contribution < 1.29 is 9.53 Å². The third-order valence-electron chi connectivity index (χ3n) is 4.94. The van der Waals surface area contributed by atoms with Crippen LogP contribution in [0.3, 0.4) is 0 Å². The lowest BCUT2D eigenvalue weighted by Gasteiger charge is -2.37. The van der Waals surface area contributed by atoms with Gasteiger partial charge in [0, 0.05) is 37.9 Å². The van der Waals surface area contributed by atoms with E-state index in [1.54, 1.807) is 0 Å². The van der Waals surface area contributed by atoms with Crippen LogP contribution in [0.5, 0.6) is 0 Å². The summed E-state index contributed by atoms with van der Waals surface area (Å²) in [6, 6.07) is 12.1. The summed E-state index contributed by atoms with van der Waals surface area (Å²) in [7, 11) is 0. The normalized spacial score (nSPS) is 20.3. The van der Waals surface area contributed by atoms with Crippen LogP contribution in [0.15, 0.2) is 36.4 Å². The largest absolute Gasteiger partial charge is 0.460 e. The van der Waals surface area contributed by atoms with E-state index in [1.165, 1.54) is 0 Å². The van der Waals surface area contributed by atoms with Gasteiger partial charge in [-0.3, -0.25) is 4.79 Å². The van der Waals surface area contributed by atoms with Crippen LogP contribution in [0.2, 0.25) is 10.0 Å². The van der Waals surface area contributed by atoms with Gasteiger partial charge in [-0.1, -0.05) is 23.2 Å². The van der Waals surface area contributed by atoms with Gasteiger partial charge in [-0.05, 0) is 70.0 Å². The fourth-order valence-electron chi connectivity index (χ4n) is 3.77. The minimum atomic E-state index is -0.442. The number of nitrogens with zero attached hydrogens (tertiary/aromatic N) is 1. The first-order valence-electron chi connectivity index (χ1n) is 8.84. The first kappa shape index (κ1) is 17.7. The van der Waals surface area contributed by atoms with Gasteiger partial charge in [0.05, 0.1) is 5.92 Å². The molecule has 0 bridgehead atoms. The number of rotatable bonds is 2. The number of hydrogen-bond acceptors (Lipinski definition) is 2. The summed E-state index contributed by atoms with van der Waals surface area (Å²) in [5.41, 5.74) is 1.81. The van der Waals surface area contributed by atoms with Gasteiger partial charge in [0.2, 0.25) is 0 Å². The molecule has 1 aliphatic rings. The van der Waals surface area contributed by atoms with Crippen molar-refractivity contribution in [3.8, 4) is 0 Å². The Bertz CT molecular complexity index is 951. The number of halogens is 2. The van der Waals surface area contributed by atoms with Crippen molar-refractivity contribution in [2.45, 2.75) is 45.3 Å². The van der Waals surface area contributed by atoms with Gasteiger partial charge in [0.1, 0.15) is 5.60 Å². The van der Waals surface area contributed by atoms with Crippen molar-refractivity contribution in [1.82, 2.24) is 4.57 Å². The monoisotopic (exact) mass is 389 g/mol. The molecule has 2 aromatic carbocycles. The zero-order valence-electron chi connectivity index (χ0n) is 15.1. The van der Waals surface area contributed by atoms with Crippen molar-refractivity contribution in [1.29, 1.82) is 0 Å². The second-order valence-electron chi connectivity index (χ2n) is 8.05. The molecule has 5 heteroatoms. The molecule has 0 atom stereocenters. The van der Waals surface area contributed by atoms with Gasteiger partial charge in [-0.2, -0.15) is 0 Å². The van der Waals surface area contributed by atoms with Crippen molar-refractivity contribution in [3.63, 3.8) is 0 Å². The highest BCUT2D eigenvalue weighted by atomic mass is 35.5. The summed E-state index contributed by atoms with van der Waals surface area (Å²) >= 11 is 12.4. The minimum Gasteiger partial charge on any atom is -0.460 e. The smallest absolute Gasteiger partial charge is 0.309 e. The molecule has 1 aliphatic carbocycles. The van der Waals surface area contributed by atoms with Crippen molar-refractivity contribution in [3.05, 3.63) is 46.4 Å². The van der Waals surface area contributed by atoms with Crippen molar-refractivity contribution in [2.75, 3.05) is 0 Å². The Kier molecular flexibility index (Phi) is 4.20. The van der Waals surface area contributed by atoms with E-state index in [1.807, 2.05) is 57.2 Å². The first-order valence-corrected chi connectivity index (χ1v) is 9.60. The van der Waals surface area contributed by atoms with Crippen LogP contribution < -0.4 is 0 Å². The molecule has 0 spiro atoms. The van der Waals surface area contributed by atoms with Crippen LogP contribution in [0, 0.1) is 5.92 Å². The molecular weight excluding hydrogens is 369 g/mol. The third-order valence-corrected chi connectivity index (χ3v) is 5.42. The maximum absolute atomic E-state index is 12.3. The zero-order valence-corrected chi connectivity index (χ0v) is 16.6. The number of aromatic nitrogens is 1. The van der Waals surface area contributed by atoms with E-state index in [0.717, 1.165) is 34.6 Å². The van der Waals surface area contributed by atoms with Crippen LogP contribution in [0.25, 0.3) is 21.8 Å². The van der Waals surface area contributed by atoms with Crippen LogP contribution in [-0.4, -0.2) is 16.1 Å². The Morgan fingerprint density at radius 2 is 1.50 bits per heavy atom. The maximum atomic E-state index is 12.3. The Hall–Kier alpha value is -1.71. The molecule has 4 rings (SSSR count). The summed E-state index contributed by atoms with van der Waals surface area (Å²) in [6.07, 6.45) is 1.58. The van der Waals surface area contributed by atoms with Crippen LogP contribution in [0.1, 0.15) is 39.7 Å². The Morgan fingerprint density at radius 1 is 1.00 bits per heavy atom. The van der Waals surface area contributed by atoms with Gasteiger partial charge >= 0.3 is 5.97 Å². The van der Waals surface area contributed by atoms with E-state index < -0.39 is 5.60 Å². The predicted octanol–water partition coefficient (Wildman–Crippen LogP) is 6.39. The lowest BCUT2D eigenvalue weighted by molar-refractivity contribution is -0.164. The summed E-state index contributed by atoms with van der Waals surface area (Å²) in [4.78, 5) is 12.3. The molecule has 136 valence electrons. The highest BCUT2D eigenvalue weighted by Gasteiger charge is 2.39. The molecule has 0 radical (unpaired) electrons. The molecule has 0 N–H and O–H groups in total. The maximum Gasteiger partial charge on any atom is 0.309 e. The number of esters is 1. The fraction of sp³-hybridized carbons (Fsp3) is 0.381. The zero-order chi connectivity index (χ0) is 18.6. The van der Waals surface area contributed by atoms with Crippen molar-refractivity contribution >= 4 is 51.0 Å². The molecular formula is C21H21Cl2NO2. The number of ether oxygens (including phenoxy) is 1. The number of carbonyl (C=O) groups is 1. The SMILES string of the molecule is CC(C)(C)OC(=O)[C@H]1C[C@H](n2c3ccc(Cl)cc3c3cc(Cl)ccc32)C1. The molecule has 3 aromatic rings. The van der Waals surface area contributed by atoms with Gasteiger partial charge in [-0.15, -0.1) is 0 Å². The summed E-state index contributed by atoms with van der Waals surface area (Å²) in [5, 5.41) is 3.60. The number of benzene rings is 2. The number of fused-ring (bicyclic) bond motifs is 3. The van der Waals surface area contributed by atoms with Gasteiger partial charge in [-0.25, -0.2) is 0 Å². The molecule has 0 aliphatic heterocycles. The van der Waals surface area contributed by atoms with Gasteiger partial charge in [0.15, 0.2) is 0 Å². The van der Waals surface area contributed by atoms with E-state index in [9.17, 15) is 4.79 Å². The molecule has 3 nitrogen and oxygen atoms in total. The number of hydrogen-bond donors (Lipinski definition) is 0. The standard InChI is InChI=1S/C21H21Cl2NO2/c1-21(2,3)26-20(25)12-8-15(9-12)24-18-6-4-13(22)10-16(18)17-11-14(23)5-7-19(17)24/h4-7,10-12,15H,8-9H2,1-3H3/t12-,15-. The van der Waals surface area contributed by atoms with E-state index >= 15 is 0 Å². The topological polar surface area (TPSA) is 31.2 Å². The summed E-state index contributed by atoms with van der Waals surface area (Å²) in [5.74, 6) is -0.132. The molecule has 1 saturated carbocycles. The molecule has 1 aromatic heterocycles. The average Bonchev–Trinajstić information content (AvgIpc) is 2.77. The van der Waals surface area contributed by atoms with Crippen LogP contribution in [0.4, 0.5) is 0 Å². The number of carbonyl (C=O) groups excluding carboxylic acids is 1. The quantitative estimate of drug-likeness (QED) is 0.475. The highest BCUT2D eigenvalue weighted by molar-refractivity contribution is 6.33. The van der Waals surface area contributed by atoms with E-state index in [0.29, 0.717) is 10.0 Å². The van der Waals surface area contributed by atoms with E-state index in [4.69, 9.17) is 27.9 Å². The fourth-order valence-corrected chi connectivity index (χ4v) is 4.11. The van der Waals surface area contributed by atoms with Gasteiger partial charge in [0.25, 0.3) is 0 Å². The molecule has 0 unspecified atom stereocenters. The minimum absolute atomic E-state index is 0.0358. The Labute approximate surface area is 162 Å². The van der Waals surface area contributed by atoms with E-state index in [2.05, 4.69) is 4.57 Å². The van der Waals surface area contributed by atoms with Crippen LogP contribution in [-0.2, 0) is 9.53 Å². The highest BCUT2D eigenvalue weighted by Crippen LogP contribution is 2.44. The van der Waals surface area contributed by atoms with E-state index in [-0.39, 0.29) is 17.9 Å². The molecule has 1 heterocycles. The molecule has 1 fully saturated rings. The predicted molar refractivity (Wildman–Crippen MR) is 107 cm³/mol. The Morgan fingerprint density at radius 3 is 1.96 bits per heavy atom. The molecule has 0 amide bonds. The van der Waals surface area contributed by atoms with Crippen molar-refractivity contribution in [2.24, 2.45) is 5.92 Å². The van der Waals surface area contributed by atoms with Crippen LogP contribution >= 0.6 is 23.2 Å².